The number of imide groups is 1. The van der Waals surface area contributed by atoms with E-state index in [-0.39, 0.29) is 4.91 Å². The number of amides is 2. The van der Waals surface area contributed by atoms with Gasteiger partial charge in [0.05, 0.1) is 12.0 Å². The topological polar surface area (TPSA) is 72.9 Å². The molecular weight excluding hydrogens is 470 g/mol. The number of rotatable bonds is 6. The SMILES string of the molecule is COC(=O)[C@@H](C)N1C(=O)S/C(=C/c2cc(Br)ccc2OCc2ccc(C)cc2)C1=O. The van der Waals surface area contributed by atoms with Crippen LogP contribution in [-0.2, 0) is 20.9 Å². The van der Waals surface area contributed by atoms with E-state index in [1.54, 1.807) is 12.1 Å². The zero-order valence-electron chi connectivity index (χ0n) is 16.7. The molecule has 0 saturated carbocycles. The molecule has 1 heterocycles. The first kappa shape index (κ1) is 22.1. The predicted molar refractivity (Wildman–Crippen MR) is 119 cm³/mol. The lowest BCUT2D eigenvalue weighted by molar-refractivity contribution is -0.148. The van der Waals surface area contributed by atoms with Crippen molar-refractivity contribution in [3.05, 3.63) is 68.5 Å². The Balaban J connectivity index is 1.85. The molecule has 1 aliphatic rings. The lowest BCUT2D eigenvalue weighted by Gasteiger charge is -2.18. The van der Waals surface area contributed by atoms with Gasteiger partial charge < -0.3 is 9.47 Å². The molecule has 30 heavy (non-hydrogen) atoms. The van der Waals surface area contributed by atoms with Crippen LogP contribution in [0.3, 0.4) is 0 Å². The van der Waals surface area contributed by atoms with E-state index >= 15 is 0 Å². The zero-order chi connectivity index (χ0) is 21.8. The minimum atomic E-state index is -0.992. The summed E-state index contributed by atoms with van der Waals surface area (Å²) in [4.78, 5) is 38.0. The van der Waals surface area contributed by atoms with Crippen LogP contribution in [-0.4, -0.2) is 35.2 Å². The first-order valence-corrected chi connectivity index (χ1v) is 10.7. The predicted octanol–water partition coefficient (Wildman–Crippen LogP) is 4.93. The Morgan fingerprint density at radius 2 is 1.90 bits per heavy atom. The van der Waals surface area contributed by atoms with Crippen molar-refractivity contribution < 1.29 is 23.9 Å². The summed E-state index contributed by atoms with van der Waals surface area (Å²) in [5, 5.41) is -0.513. The number of thioether (sulfide) groups is 1. The van der Waals surface area contributed by atoms with Crippen molar-refractivity contribution in [3.8, 4) is 5.75 Å². The fraction of sp³-hybridized carbons (Fsp3) is 0.227. The molecule has 0 radical (unpaired) electrons. The molecule has 2 aromatic carbocycles. The van der Waals surface area contributed by atoms with Crippen LogP contribution in [0, 0.1) is 6.92 Å². The summed E-state index contributed by atoms with van der Waals surface area (Å²) in [5.74, 6) is -0.609. The van der Waals surface area contributed by atoms with E-state index in [0.29, 0.717) is 17.9 Å². The highest BCUT2D eigenvalue weighted by Gasteiger charge is 2.41. The van der Waals surface area contributed by atoms with E-state index in [9.17, 15) is 14.4 Å². The average Bonchev–Trinajstić information content (AvgIpc) is 3.00. The fourth-order valence-electron chi connectivity index (χ4n) is 2.84. The number of carbonyl (C=O) groups is 3. The summed E-state index contributed by atoms with van der Waals surface area (Å²) in [7, 11) is 1.22. The highest BCUT2D eigenvalue weighted by atomic mass is 79.9. The smallest absolute Gasteiger partial charge is 0.328 e. The highest BCUT2D eigenvalue weighted by molar-refractivity contribution is 9.10. The van der Waals surface area contributed by atoms with Crippen LogP contribution in [0.4, 0.5) is 4.79 Å². The zero-order valence-corrected chi connectivity index (χ0v) is 19.1. The van der Waals surface area contributed by atoms with Crippen molar-refractivity contribution in [2.24, 2.45) is 0 Å². The summed E-state index contributed by atoms with van der Waals surface area (Å²) in [6.07, 6.45) is 1.60. The number of benzene rings is 2. The number of nitrogens with zero attached hydrogens (tertiary/aromatic N) is 1. The number of hydrogen-bond acceptors (Lipinski definition) is 6. The number of methoxy groups -OCH3 is 1. The fourth-order valence-corrected chi connectivity index (χ4v) is 4.12. The van der Waals surface area contributed by atoms with Crippen molar-refractivity contribution in [3.63, 3.8) is 0 Å². The summed E-state index contributed by atoms with van der Waals surface area (Å²) >= 11 is 4.21. The summed E-state index contributed by atoms with van der Waals surface area (Å²) in [6, 6.07) is 12.5. The van der Waals surface area contributed by atoms with Crippen LogP contribution in [0.15, 0.2) is 51.8 Å². The molecular formula is C22H20BrNO5S. The van der Waals surface area contributed by atoms with Crippen LogP contribution in [0.5, 0.6) is 5.75 Å². The maximum Gasteiger partial charge on any atom is 0.328 e. The van der Waals surface area contributed by atoms with E-state index in [0.717, 1.165) is 26.7 Å². The molecule has 8 heteroatoms. The van der Waals surface area contributed by atoms with E-state index in [1.807, 2.05) is 43.3 Å². The summed E-state index contributed by atoms with van der Waals surface area (Å²) < 4.78 is 11.4. The largest absolute Gasteiger partial charge is 0.488 e. The van der Waals surface area contributed by atoms with Gasteiger partial charge in [0, 0.05) is 10.0 Å². The maximum atomic E-state index is 12.7. The third kappa shape index (κ3) is 4.94. The monoisotopic (exact) mass is 489 g/mol. The molecule has 2 amide bonds. The van der Waals surface area contributed by atoms with Gasteiger partial charge in [-0.05, 0) is 55.4 Å². The quantitative estimate of drug-likeness (QED) is 0.422. The number of ether oxygens (including phenoxy) is 2. The Hall–Kier alpha value is -2.58. The number of carbonyl (C=O) groups excluding carboxylic acids is 3. The number of aryl methyl sites for hydroxylation is 1. The van der Waals surface area contributed by atoms with E-state index < -0.39 is 23.2 Å². The number of halogens is 1. The molecule has 1 saturated heterocycles. The first-order chi connectivity index (χ1) is 14.3. The molecule has 156 valence electrons. The Kier molecular flexibility index (Phi) is 6.99. The van der Waals surface area contributed by atoms with E-state index in [1.165, 1.54) is 19.6 Å². The molecule has 0 bridgehead atoms. The number of esters is 1. The average molecular weight is 490 g/mol. The molecule has 6 nitrogen and oxygen atoms in total. The normalized spacial score (nSPS) is 16.1. The minimum absolute atomic E-state index is 0.217. The van der Waals surface area contributed by atoms with Gasteiger partial charge in [0.2, 0.25) is 0 Å². The van der Waals surface area contributed by atoms with E-state index in [2.05, 4.69) is 20.7 Å². The molecule has 2 aromatic rings. The second-order valence-electron chi connectivity index (χ2n) is 6.71. The Labute approximate surface area is 187 Å². The van der Waals surface area contributed by atoms with Crippen molar-refractivity contribution in [1.82, 2.24) is 4.90 Å². The van der Waals surface area contributed by atoms with Crippen LogP contribution in [0.25, 0.3) is 6.08 Å². The molecule has 1 atom stereocenters. The van der Waals surface area contributed by atoms with Gasteiger partial charge in [-0.25, -0.2) is 4.79 Å². The minimum Gasteiger partial charge on any atom is -0.488 e. The van der Waals surface area contributed by atoms with Crippen LogP contribution in [0.1, 0.15) is 23.6 Å². The third-order valence-electron chi connectivity index (χ3n) is 4.53. The molecule has 1 aliphatic heterocycles. The van der Waals surface area contributed by atoms with Gasteiger partial charge in [0.25, 0.3) is 11.1 Å². The van der Waals surface area contributed by atoms with Crippen molar-refractivity contribution >= 4 is 50.9 Å². The van der Waals surface area contributed by atoms with Gasteiger partial charge in [0.15, 0.2) is 0 Å². The second-order valence-corrected chi connectivity index (χ2v) is 8.62. The van der Waals surface area contributed by atoms with Gasteiger partial charge in [-0.2, -0.15) is 0 Å². The Morgan fingerprint density at radius 3 is 2.57 bits per heavy atom. The molecule has 0 unspecified atom stereocenters. The molecule has 1 fully saturated rings. The third-order valence-corrected chi connectivity index (χ3v) is 5.90. The van der Waals surface area contributed by atoms with Gasteiger partial charge in [-0.15, -0.1) is 0 Å². The molecule has 0 N–H and O–H groups in total. The summed E-state index contributed by atoms with van der Waals surface area (Å²) in [5.41, 5.74) is 2.83. The molecule has 3 rings (SSSR count). The second kappa shape index (κ2) is 9.49. The standard InChI is InChI=1S/C22H20BrNO5S/c1-13-4-6-15(7-5-13)12-29-18-9-8-17(23)10-16(18)11-19-20(25)24(22(27)30-19)14(2)21(26)28-3/h4-11,14H,12H2,1-3H3/b19-11+/t14-/m1/s1. The summed E-state index contributed by atoms with van der Waals surface area (Å²) in [6.45, 7) is 3.84. The van der Waals surface area contributed by atoms with Crippen molar-refractivity contribution in [2.75, 3.05) is 7.11 Å². The highest BCUT2D eigenvalue weighted by Crippen LogP contribution is 2.36. The van der Waals surface area contributed by atoms with Crippen LogP contribution < -0.4 is 4.74 Å². The van der Waals surface area contributed by atoms with Crippen LogP contribution >= 0.6 is 27.7 Å². The maximum absolute atomic E-state index is 12.7. The molecule has 0 spiro atoms. The molecule has 0 aliphatic carbocycles. The Bertz CT molecular complexity index is 1020. The van der Waals surface area contributed by atoms with Crippen molar-refractivity contribution in [1.29, 1.82) is 0 Å². The lowest BCUT2D eigenvalue weighted by Crippen LogP contribution is -2.42. The first-order valence-electron chi connectivity index (χ1n) is 9.13. The van der Waals surface area contributed by atoms with Gasteiger partial charge in [0.1, 0.15) is 18.4 Å². The van der Waals surface area contributed by atoms with E-state index in [4.69, 9.17) is 4.74 Å². The van der Waals surface area contributed by atoms with Gasteiger partial charge in [-0.1, -0.05) is 45.8 Å². The number of hydrogen-bond donors (Lipinski definition) is 0. The van der Waals surface area contributed by atoms with Crippen LogP contribution in [0.2, 0.25) is 0 Å². The Morgan fingerprint density at radius 1 is 1.20 bits per heavy atom. The molecule has 0 aromatic heterocycles. The van der Waals surface area contributed by atoms with Gasteiger partial charge >= 0.3 is 5.97 Å². The van der Waals surface area contributed by atoms with Crippen molar-refractivity contribution in [2.45, 2.75) is 26.5 Å². The lowest BCUT2D eigenvalue weighted by atomic mass is 10.1. The van der Waals surface area contributed by atoms with Gasteiger partial charge in [-0.3, -0.25) is 14.5 Å².